The molecule has 3 aromatic rings. The second-order valence-corrected chi connectivity index (χ2v) is 5.37. The fourth-order valence-corrected chi connectivity index (χ4v) is 2.67. The lowest BCUT2D eigenvalue weighted by Gasteiger charge is -2.04. The predicted octanol–water partition coefficient (Wildman–Crippen LogP) is 4.11. The predicted molar refractivity (Wildman–Crippen MR) is 82.7 cm³/mol. The van der Waals surface area contributed by atoms with Gasteiger partial charge in [-0.15, -0.1) is 11.3 Å². The first kappa shape index (κ1) is 13.6. The molecule has 0 atom stereocenters. The van der Waals surface area contributed by atoms with Gasteiger partial charge in [0.05, 0.1) is 5.69 Å². The van der Waals surface area contributed by atoms with Gasteiger partial charge in [0.1, 0.15) is 23.2 Å². The normalized spacial score (nSPS) is 10.5. The molecule has 21 heavy (non-hydrogen) atoms. The Labute approximate surface area is 125 Å². The van der Waals surface area contributed by atoms with Gasteiger partial charge < -0.3 is 10.5 Å². The highest BCUT2D eigenvalue weighted by molar-refractivity contribution is 7.13. The largest absolute Gasteiger partial charge is 0.487 e. The average Bonchev–Trinajstić information content (AvgIpc) is 2.95. The van der Waals surface area contributed by atoms with Crippen molar-refractivity contribution >= 4 is 17.0 Å². The van der Waals surface area contributed by atoms with Crippen LogP contribution in [0.2, 0.25) is 0 Å². The van der Waals surface area contributed by atoms with Gasteiger partial charge in [-0.05, 0) is 36.4 Å². The first-order valence-corrected chi connectivity index (χ1v) is 7.27. The molecule has 1 aromatic heterocycles. The number of thiazole rings is 1. The van der Waals surface area contributed by atoms with Gasteiger partial charge in [-0.3, -0.25) is 0 Å². The zero-order valence-electron chi connectivity index (χ0n) is 11.1. The smallest absolute Gasteiger partial charge is 0.131 e. The number of rotatable bonds is 4. The van der Waals surface area contributed by atoms with Crippen LogP contribution in [0, 0.1) is 5.82 Å². The minimum Gasteiger partial charge on any atom is -0.487 e. The second-order valence-electron chi connectivity index (χ2n) is 4.51. The molecule has 0 aliphatic rings. The van der Waals surface area contributed by atoms with E-state index in [2.05, 4.69) is 4.98 Å². The van der Waals surface area contributed by atoms with Crippen LogP contribution in [-0.4, -0.2) is 4.98 Å². The Hall–Kier alpha value is -2.40. The summed E-state index contributed by atoms with van der Waals surface area (Å²) in [7, 11) is 0. The fraction of sp³-hybridized carbons (Fsp3) is 0.0625. The van der Waals surface area contributed by atoms with Crippen molar-refractivity contribution in [1.82, 2.24) is 4.98 Å². The van der Waals surface area contributed by atoms with E-state index >= 15 is 0 Å². The summed E-state index contributed by atoms with van der Waals surface area (Å²) >= 11 is 1.51. The quantitative estimate of drug-likeness (QED) is 0.738. The number of nitrogen functional groups attached to an aromatic ring is 1. The highest BCUT2D eigenvalue weighted by Gasteiger charge is 2.06. The molecule has 5 heteroatoms. The molecule has 2 aromatic carbocycles. The molecule has 2 N–H and O–H groups in total. The summed E-state index contributed by atoms with van der Waals surface area (Å²) < 4.78 is 18.5. The topological polar surface area (TPSA) is 48.1 Å². The summed E-state index contributed by atoms with van der Waals surface area (Å²) in [5.41, 5.74) is 8.09. The molecule has 0 spiro atoms. The van der Waals surface area contributed by atoms with Gasteiger partial charge >= 0.3 is 0 Å². The van der Waals surface area contributed by atoms with E-state index in [1.54, 1.807) is 18.2 Å². The SMILES string of the molecule is Nc1cccc(OCc2csc(-c3ccc(F)cc3)n2)c1. The lowest BCUT2D eigenvalue weighted by molar-refractivity contribution is 0.302. The van der Waals surface area contributed by atoms with Crippen molar-refractivity contribution in [3.8, 4) is 16.3 Å². The van der Waals surface area contributed by atoms with Crippen LogP contribution in [-0.2, 0) is 6.61 Å². The van der Waals surface area contributed by atoms with Crippen LogP contribution < -0.4 is 10.5 Å². The highest BCUT2D eigenvalue weighted by Crippen LogP contribution is 2.24. The lowest BCUT2D eigenvalue weighted by atomic mass is 10.2. The van der Waals surface area contributed by atoms with Crippen molar-refractivity contribution in [1.29, 1.82) is 0 Å². The van der Waals surface area contributed by atoms with Gasteiger partial charge in [-0.2, -0.15) is 0 Å². The Morgan fingerprint density at radius 2 is 1.95 bits per heavy atom. The molecule has 3 rings (SSSR count). The Morgan fingerprint density at radius 1 is 1.14 bits per heavy atom. The molecule has 0 unspecified atom stereocenters. The minimum absolute atomic E-state index is 0.250. The van der Waals surface area contributed by atoms with E-state index in [9.17, 15) is 4.39 Å². The summed E-state index contributed by atoms with van der Waals surface area (Å²) in [4.78, 5) is 4.49. The molecule has 1 heterocycles. The Balaban J connectivity index is 1.69. The van der Waals surface area contributed by atoms with Crippen LogP contribution in [0.1, 0.15) is 5.69 Å². The number of nitrogens with two attached hydrogens (primary N) is 1. The summed E-state index contributed by atoms with van der Waals surface area (Å²) in [5, 5.41) is 2.78. The van der Waals surface area contributed by atoms with Crippen LogP contribution in [0.25, 0.3) is 10.6 Å². The van der Waals surface area contributed by atoms with Crippen molar-refractivity contribution < 1.29 is 9.13 Å². The number of hydrogen-bond acceptors (Lipinski definition) is 4. The third kappa shape index (κ3) is 3.38. The monoisotopic (exact) mass is 300 g/mol. The first-order valence-electron chi connectivity index (χ1n) is 6.39. The summed E-state index contributed by atoms with van der Waals surface area (Å²) in [5.74, 6) is 0.465. The average molecular weight is 300 g/mol. The molecule has 0 saturated heterocycles. The third-order valence-electron chi connectivity index (χ3n) is 2.89. The number of ether oxygens (including phenoxy) is 1. The summed E-state index contributed by atoms with van der Waals surface area (Å²) in [6, 6.07) is 13.6. The summed E-state index contributed by atoms with van der Waals surface area (Å²) in [6.07, 6.45) is 0. The summed E-state index contributed by atoms with van der Waals surface area (Å²) in [6.45, 7) is 0.376. The highest BCUT2D eigenvalue weighted by atomic mass is 32.1. The van der Waals surface area contributed by atoms with Crippen molar-refractivity contribution in [2.75, 3.05) is 5.73 Å². The molecule has 0 saturated carbocycles. The van der Waals surface area contributed by atoms with Crippen molar-refractivity contribution in [3.63, 3.8) is 0 Å². The number of nitrogens with zero attached hydrogens (tertiary/aromatic N) is 1. The second kappa shape index (κ2) is 5.93. The van der Waals surface area contributed by atoms with Crippen molar-refractivity contribution in [2.24, 2.45) is 0 Å². The number of aromatic nitrogens is 1. The van der Waals surface area contributed by atoms with E-state index in [0.717, 1.165) is 16.3 Å². The third-order valence-corrected chi connectivity index (χ3v) is 3.83. The van der Waals surface area contributed by atoms with Crippen LogP contribution in [0.3, 0.4) is 0 Å². The molecule has 0 aliphatic carbocycles. The van der Waals surface area contributed by atoms with E-state index in [4.69, 9.17) is 10.5 Å². The molecule has 0 radical (unpaired) electrons. The number of halogens is 1. The van der Waals surface area contributed by atoms with E-state index in [1.807, 2.05) is 23.6 Å². The van der Waals surface area contributed by atoms with Gasteiger partial charge in [0.25, 0.3) is 0 Å². The van der Waals surface area contributed by atoms with Gasteiger partial charge in [0.2, 0.25) is 0 Å². The van der Waals surface area contributed by atoms with E-state index < -0.39 is 0 Å². The van der Waals surface area contributed by atoms with Crippen LogP contribution >= 0.6 is 11.3 Å². The molecule has 0 bridgehead atoms. The molecule has 0 aliphatic heterocycles. The van der Waals surface area contributed by atoms with Crippen LogP contribution in [0.15, 0.2) is 53.9 Å². The van der Waals surface area contributed by atoms with E-state index in [0.29, 0.717) is 18.0 Å². The Kier molecular flexibility index (Phi) is 3.83. The van der Waals surface area contributed by atoms with Gasteiger partial charge in [-0.25, -0.2) is 9.37 Å². The maximum atomic E-state index is 12.9. The van der Waals surface area contributed by atoms with Crippen LogP contribution in [0.5, 0.6) is 5.75 Å². The van der Waals surface area contributed by atoms with Crippen molar-refractivity contribution in [3.05, 3.63) is 65.4 Å². The van der Waals surface area contributed by atoms with Gasteiger partial charge in [-0.1, -0.05) is 6.07 Å². The molecule has 0 fully saturated rings. The standard InChI is InChI=1S/C16H13FN2OS/c17-12-6-4-11(5-7-12)16-19-14(10-21-16)9-20-15-3-1-2-13(18)8-15/h1-8,10H,9,18H2. The molecule has 3 nitrogen and oxygen atoms in total. The minimum atomic E-state index is -0.250. The lowest BCUT2D eigenvalue weighted by Crippen LogP contribution is -1.96. The van der Waals surface area contributed by atoms with Crippen LogP contribution in [0.4, 0.5) is 10.1 Å². The van der Waals surface area contributed by atoms with Gasteiger partial charge in [0.15, 0.2) is 0 Å². The van der Waals surface area contributed by atoms with E-state index in [-0.39, 0.29) is 5.82 Å². The maximum Gasteiger partial charge on any atom is 0.131 e. The maximum absolute atomic E-state index is 12.9. The fourth-order valence-electron chi connectivity index (χ4n) is 1.86. The van der Waals surface area contributed by atoms with Gasteiger partial charge in [0, 0.05) is 22.7 Å². The molecule has 106 valence electrons. The zero-order chi connectivity index (χ0) is 14.7. The number of hydrogen-bond donors (Lipinski definition) is 1. The van der Waals surface area contributed by atoms with Crippen molar-refractivity contribution in [2.45, 2.75) is 6.61 Å². The zero-order valence-corrected chi connectivity index (χ0v) is 11.9. The number of benzene rings is 2. The number of anilines is 1. The molecular weight excluding hydrogens is 287 g/mol. The van der Waals surface area contributed by atoms with E-state index in [1.165, 1.54) is 23.5 Å². The molecular formula is C16H13FN2OS. The Morgan fingerprint density at radius 3 is 2.71 bits per heavy atom. The molecule has 0 amide bonds. The Bertz CT molecular complexity index is 740. The first-order chi connectivity index (χ1) is 10.2.